The molecule has 1 saturated heterocycles. The van der Waals surface area contributed by atoms with Gasteiger partial charge in [0.05, 0.1) is 11.1 Å². The lowest BCUT2D eigenvalue weighted by Crippen LogP contribution is -2.56. The van der Waals surface area contributed by atoms with Crippen LogP contribution < -0.4 is 5.32 Å². The summed E-state index contributed by atoms with van der Waals surface area (Å²) in [7, 11) is 0. The highest BCUT2D eigenvalue weighted by molar-refractivity contribution is 7.80. The Balaban J connectivity index is 2.14. The zero-order valence-electron chi connectivity index (χ0n) is 17.6. The zero-order chi connectivity index (χ0) is 23.8. The summed E-state index contributed by atoms with van der Waals surface area (Å²) in [4.78, 5) is 15.8. The minimum absolute atomic E-state index is 0.00266. The summed E-state index contributed by atoms with van der Waals surface area (Å²) in [5.74, 6) is -0.00873. The van der Waals surface area contributed by atoms with E-state index in [4.69, 9.17) is 12.2 Å². The fourth-order valence-corrected chi connectivity index (χ4v) is 3.66. The first-order valence-electron chi connectivity index (χ1n) is 9.62. The second-order valence-electron chi connectivity index (χ2n) is 8.84. The molecular formula is C20H25F6N3OS. The molecule has 1 amide bonds. The van der Waals surface area contributed by atoms with Gasteiger partial charge in [0, 0.05) is 37.8 Å². The molecule has 1 aromatic carbocycles. The van der Waals surface area contributed by atoms with Crippen LogP contribution in [0.3, 0.4) is 0 Å². The van der Waals surface area contributed by atoms with E-state index in [0.717, 1.165) is 0 Å². The highest BCUT2D eigenvalue weighted by Crippen LogP contribution is 2.37. The number of nitrogens with zero attached hydrogens (tertiary/aromatic N) is 2. The number of amides is 1. The average Bonchev–Trinajstić information content (AvgIpc) is 2.58. The summed E-state index contributed by atoms with van der Waals surface area (Å²) in [6.07, 6.45) is -9.51. The molecule has 0 spiro atoms. The van der Waals surface area contributed by atoms with Crippen molar-refractivity contribution in [2.75, 3.05) is 25.0 Å². The van der Waals surface area contributed by atoms with E-state index in [0.29, 0.717) is 38.2 Å². The van der Waals surface area contributed by atoms with Gasteiger partial charge in [0.15, 0.2) is 5.11 Å². The Bertz CT molecular complexity index is 799. The number of anilines is 1. The fourth-order valence-electron chi connectivity index (χ4n) is 3.27. The van der Waals surface area contributed by atoms with Crippen molar-refractivity contribution in [1.82, 2.24) is 9.80 Å². The van der Waals surface area contributed by atoms with E-state index >= 15 is 0 Å². The van der Waals surface area contributed by atoms with Crippen LogP contribution in [0.25, 0.3) is 0 Å². The summed E-state index contributed by atoms with van der Waals surface area (Å²) < 4.78 is 78.3. The van der Waals surface area contributed by atoms with Crippen molar-refractivity contribution in [2.45, 2.75) is 52.5 Å². The van der Waals surface area contributed by atoms with Crippen LogP contribution in [0.4, 0.5) is 32.0 Å². The average molecular weight is 469 g/mol. The molecule has 31 heavy (non-hydrogen) atoms. The standard InChI is InChI=1S/C20H25F6N3OS/c1-12-11-28(16(30)10-18(2,3)4)5-6-29(12)17(31)27-15-8-13(19(21,22)23)7-14(9-15)20(24,25)26/h7-9,12H,5-6,10-11H2,1-4H3,(H,27,31)/t12-/m1/s1. The van der Waals surface area contributed by atoms with Gasteiger partial charge in [-0.1, -0.05) is 20.8 Å². The van der Waals surface area contributed by atoms with Gasteiger partial charge in [-0.15, -0.1) is 0 Å². The molecule has 11 heteroatoms. The van der Waals surface area contributed by atoms with E-state index in [1.807, 2.05) is 20.8 Å². The molecule has 0 aliphatic carbocycles. The predicted octanol–water partition coefficient (Wildman–Crippen LogP) is 5.39. The molecule has 0 radical (unpaired) electrons. The molecule has 1 heterocycles. The third-order valence-electron chi connectivity index (χ3n) is 4.76. The Morgan fingerprint density at radius 3 is 1.97 bits per heavy atom. The number of halogens is 6. The molecule has 1 aliphatic rings. The second-order valence-corrected chi connectivity index (χ2v) is 9.23. The van der Waals surface area contributed by atoms with Gasteiger partial charge in [0.25, 0.3) is 0 Å². The van der Waals surface area contributed by atoms with Gasteiger partial charge in [-0.25, -0.2) is 0 Å². The Morgan fingerprint density at radius 2 is 1.55 bits per heavy atom. The summed E-state index contributed by atoms with van der Waals surface area (Å²) in [6.45, 7) is 8.67. The largest absolute Gasteiger partial charge is 0.416 e. The van der Waals surface area contributed by atoms with Gasteiger partial charge >= 0.3 is 12.4 Å². The van der Waals surface area contributed by atoms with Crippen molar-refractivity contribution < 1.29 is 31.1 Å². The zero-order valence-corrected chi connectivity index (χ0v) is 18.4. The van der Waals surface area contributed by atoms with Crippen LogP contribution in [-0.2, 0) is 17.1 Å². The first-order valence-corrected chi connectivity index (χ1v) is 10.0. The molecule has 4 nitrogen and oxygen atoms in total. The van der Waals surface area contributed by atoms with Crippen molar-refractivity contribution >= 4 is 28.9 Å². The Hall–Kier alpha value is -2.04. The number of alkyl halides is 6. The minimum Gasteiger partial charge on any atom is -0.343 e. The van der Waals surface area contributed by atoms with Crippen LogP contribution in [0, 0.1) is 5.41 Å². The monoisotopic (exact) mass is 469 g/mol. The van der Waals surface area contributed by atoms with Gasteiger partial charge in [0.2, 0.25) is 5.91 Å². The summed E-state index contributed by atoms with van der Waals surface area (Å²) >= 11 is 5.25. The third kappa shape index (κ3) is 6.98. The maximum atomic E-state index is 13.1. The molecule has 0 unspecified atom stereocenters. The Kier molecular flexibility index (Phi) is 7.19. The predicted molar refractivity (Wildman–Crippen MR) is 109 cm³/mol. The number of nitrogens with one attached hydrogen (secondary N) is 1. The molecule has 1 fully saturated rings. The minimum atomic E-state index is -4.94. The van der Waals surface area contributed by atoms with Crippen molar-refractivity contribution in [3.05, 3.63) is 29.3 Å². The fraction of sp³-hybridized carbons (Fsp3) is 0.600. The number of carbonyl (C=O) groups is 1. The van der Waals surface area contributed by atoms with E-state index < -0.39 is 29.2 Å². The topological polar surface area (TPSA) is 35.6 Å². The van der Waals surface area contributed by atoms with Gasteiger partial charge in [-0.2, -0.15) is 26.3 Å². The number of rotatable bonds is 2. The van der Waals surface area contributed by atoms with E-state index in [2.05, 4.69) is 5.32 Å². The van der Waals surface area contributed by atoms with E-state index in [1.54, 1.807) is 16.7 Å². The van der Waals surface area contributed by atoms with Crippen LogP contribution in [0.15, 0.2) is 18.2 Å². The summed E-state index contributed by atoms with van der Waals surface area (Å²) in [5.41, 5.74) is -3.41. The lowest BCUT2D eigenvalue weighted by atomic mass is 9.91. The molecule has 1 N–H and O–H groups in total. The Morgan fingerprint density at radius 1 is 1.03 bits per heavy atom. The molecule has 1 aliphatic heterocycles. The molecule has 1 aromatic rings. The maximum absolute atomic E-state index is 13.1. The lowest BCUT2D eigenvalue weighted by Gasteiger charge is -2.42. The number of hydrogen-bond donors (Lipinski definition) is 1. The SMILES string of the molecule is C[C@@H]1CN(C(=O)CC(C)(C)C)CCN1C(=S)Nc1cc(C(F)(F)F)cc(C(F)(F)F)c1. The lowest BCUT2D eigenvalue weighted by molar-refractivity contribution is -0.143. The van der Waals surface area contributed by atoms with Gasteiger partial charge in [-0.3, -0.25) is 4.79 Å². The number of carbonyl (C=O) groups excluding carboxylic acids is 1. The first kappa shape index (κ1) is 25.2. The molecule has 174 valence electrons. The van der Waals surface area contributed by atoms with Crippen LogP contribution in [-0.4, -0.2) is 46.5 Å². The maximum Gasteiger partial charge on any atom is 0.416 e. The number of hydrogen-bond acceptors (Lipinski definition) is 2. The second kappa shape index (κ2) is 8.84. The number of thiocarbonyl (C=S) groups is 1. The number of piperazine rings is 1. The normalized spacial score (nSPS) is 18.2. The van der Waals surface area contributed by atoms with Gasteiger partial charge in [0.1, 0.15) is 0 Å². The number of benzene rings is 1. The molecule has 2 rings (SSSR count). The first-order chi connectivity index (χ1) is 14.0. The van der Waals surface area contributed by atoms with E-state index in [1.165, 1.54) is 0 Å². The summed E-state index contributed by atoms with van der Waals surface area (Å²) in [6, 6.07) is 0.992. The quantitative estimate of drug-likeness (QED) is 0.466. The molecule has 0 bridgehead atoms. The van der Waals surface area contributed by atoms with Crippen molar-refractivity contribution in [3.63, 3.8) is 0 Å². The third-order valence-corrected chi connectivity index (χ3v) is 5.10. The highest BCUT2D eigenvalue weighted by atomic mass is 32.1. The van der Waals surface area contributed by atoms with Gasteiger partial charge in [-0.05, 0) is 42.8 Å². The highest BCUT2D eigenvalue weighted by Gasteiger charge is 2.37. The smallest absolute Gasteiger partial charge is 0.343 e. The van der Waals surface area contributed by atoms with Crippen molar-refractivity contribution in [3.8, 4) is 0 Å². The molecule has 0 aromatic heterocycles. The van der Waals surface area contributed by atoms with Crippen LogP contribution in [0.2, 0.25) is 0 Å². The molecule has 1 atom stereocenters. The molecule has 0 saturated carbocycles. The summed E-state index contributed by atoms with van der Waals surface area (Å²) in [5, 5.41) is 2.51. The van der Waals surface area contributed by atoms with E-state index in [-0.39, 0.29) is 28.5 Å². The van der Waals surface area contributed by atoms with Crippen LogP contribution in [0.1, 0.15) is 45.2 Å². The molecular weight excluding hydrogens is 444 g/mol. The van der Waals surface area contributed by atoms with Crippen molar-refractivity contribution in [2.24, 2.45) is 5.41 Å². The van der Waals surface area contributed by atoms with E-state index in [9.17, 15) is 31.1 Å². The van der Waals surface area contributed by atoms with Crippen LogP contribution in [0.5, 0.6) is 0 Å². The van der Waals surface area contributed by atoms with Gasteiger partial charge < -0.3 is 15.1 Å². The van der Waals surface area contributed by atoms with Crippen molar-refractivity contribution in [1.29, 1.82) is 0 Å². The van der Waals surface area contributed by atoms with Crippen LogP contribution >= 0.6 is 12.2 Å². The Labute approximate surface area is 182 Å².